The lowest BCUT2D eigenvalue weighted by Crippen LogP contribution is -2.07. The number of carbonyl (C=O) groups is 1. The first-order chi connectivity index (χ1) is 6.54. The van der Waals surface area contributed by atoms with Crippen molar-refractivity contribution in [3.05, 3.63) is 21.1 Å². The highest BCUT2D eigenvalue weighted by Crippen LogP contribution is 2.35. The van der Waals surface area contributed by atoms with E-state index < -0.39 is 0 Å². The Morgan fingerprint density at radius 3 is 2.21 bits per heavy atom. The van der Waals surface area contributed by atoms with Crippen LogP contribution in [0.1, 0.15) is 6.92 Å². The molecule has 0 aromatic heterocycles. The van der Waals surface area contributed by atoms with Crippen molar-refractivity contribution in [1.29, 1.82) is 0 Å². The number of carbonyl (C=O) groups excluding carboxylic acids is 1. The number of halogens is 2. The predicted molar refractivity (Wildman–Crippen MR) is 62.7 cm³/mol. The SMILES string of the molecule is COc1cc(Br)c(NC(C)=O)c(Br)c1. The summed E-state index contributed by atoms with van der Waals surface area (Å²) < 4.78 is 6.62. The molecular weight excluding hydrogens is 314 g/mol. The minimum absolute atomic E-state index is 0.114. The Morgan fingerprint density at radius 1 is 1.36 bits per heavy atom. The highest BCUT2D eigenvalue weighted by molar-refractivity contribution is 9.11. The van der Waals surface area contributed by atoms with Crippen molar-refractivity contribution >= 4 is 43.5 Å². The van der Waals surface area contributed by atoms with Crippen molar-refractivity contribution in [3.8, 4) is 5.75 Å². The van der Waals surface area contributed by atoms with Crippen molar-refractivity contribution < 1.29 is 9.53 Å². The van der Waals surface area contributed by atoms with Gasteiger partial charge < -0.3 is 10.1 Å². The molecule has 5 heteroatoms. The third-order valence-corrected chi connectivity index (χ3v) is 2.80. The van der Waals surface area contributed by atoms with Crippen LogP contribution >= 0.6 is 31.9 Å². The largest absolute Gasteiger partial charge is 0.497 e. The Hall–Kier alpha value is -0.550. The van der Waals surface area contributed by atoms with E-state index in [2.05, 4.69) is 37.2 Å². The topological polar surface area (TPSA) is 38.3 Å². The fourth-order valence-corrected chi connectivity index (χ4v) is 2.31. The van der Waals surface area contributed by atoms with E-state index in [4.69, 9.17) is 4.74 Å². The summed E-state index contributed by atoms with van der Waals surface area (Å²) in [5.74, 6) is 0.606. The summed E-state index contributed by atoms with van der Waals surface area (Å²) in [6.45, 7) is 1.46. The smallest absolute Gasteiger partial charge is 0.221 e. The number of anilines is 1. The van der Waals surface area contributed by atoms with Crippen molar-refractivity contribution in [2.75, 3.05) is 12.4 Å². The molecule has 3 nitrogen and oxygen atoms in total. The zero-order valence-corrected chi connectivity index (χ0v) is 10.9. The van der Waals surface area contributed by atoms with Crippen LogP contribution in [0.25, 0.3) is 0 Å². The van der Waals surface area contributed by atoms with Crippen molar-refractivity contribution in [3.63, 3.8) is 0 Å². The van der Waals surface area contributed by atoms with Crippen LogP contribution in [0, 0.1) is 0 Å². The molecule has 0 unspecified atom stereocenters. The first-order valence-corrected chi connectivity index (χ1v) is 5.44. The molecule has 0 heterocycles. The number of benzene rings is 1. The second-order valence-electron chi connectivity index (χ2n) is 2.65. The molecule has 0 aliphatic heterocycles. The van der Waals surface area contributed by atoms with Crippen LogP contribution in [-0.2, 0) is 4.79 Å². The summed E-state index contributed by atoms with van der Waals surface area (Å²) in [6.07, 6.45) is 0. The van der Waals surface area contributed by atoms with Gasteiger partial charge in [0.25, 0.3) is 0 Å². The monoisotopic (exact) mass is 321 g/mol. The Morgan fingerprint density at radius 2 is 1.86 bits per heavy atom. The number of hydrogen-bond donors (Lipinski definition) is 1. The van der Waals surface area contributed by atoms with Crippen LogP contribution in [0.3, 0.4) is 0 Å². The Balaban J connectivity index is 3.11. The van der Waals surface area contributed by atoms with Gasteiger partial charge in [-0.15, -0.1) is 0 Å². The molecule has 1 aromatic rings. The van der Waals surface area contributed by atoms with Gasteiger partial charge in [0.1, 0.15) is 5.75 Å². The average molecular weight is 323 g/mol. The van der Waals surface area contributed by atoms with E-state index >= 15 is 0 Å². The Labute approximate surface area is 99.1 Å². The molecule has 14 heavy (non-hydrogen) atoms. The number of amides is 1. The van der Waals surface area contributed by atoms with Crippen LogP contribution in [0.5, 0.6) is 5.75 Å². The normalized spacial score (nSPS) is 9.71. The molecule has 0 saturated heterocycles. The lowest BCUT2D eigenvalue weighted by Gasteiger charge is -2.09. The second kappa shape index (κ2) is 4.79. The maximum absolute atomic E-state index is 10.9. The van der Waals surface area contributed by atoms with Crippen LogP contribution < -0.4 is 10.1 Å². The molecule has 0 aliphatic carbocycles. The number of methoxy groups -OCH3 is 1. The fraction of sp³-hybridized carbons (Fsp3) is 0.222. The standard InChI is InChI=1S/C9H9Br2NO2/c1-5(13)12-9-7(10)3-6(14-2)4-8(9)11/h3-4H,1-2H3,(H,12,13). The van der Waals surface area contributed by atoms with Gasteiger partial charge in [0.15, 0.2) is 0 Å². The molecule has 76 valence electrons. The lowest BCUT2D eigenvalue weighted by atomic mass is 10.3. The minimum Gasteiger partial charge on any atom is -0.497 e. The maximum Gasteiger partial charge on any atom is 0.221 e. The molecule has 0 bridgehead atoms. The Bertz CT molecular complexity index is 343. The van der Waals surface area contributed by atoms with E-state index in [1.807, 2.05) is 0 Å². The maximum atomic E-state index is 10.9. The zero-order valence-electron chi connectivity index (χ0n) is 7.73. The highest BCUT2D eigenvalue weighted by atomic mass is 79.9. The van der Waals surface area contributed by atoms with Gasteiger partial charge in [-0.05, 0) is 44.0 Å². The van der Waals surface area contributed by atoms with Crippen LogP contribution in [0.2, 0.25) is 0 Å². The van der Waals surface area contributed by atoms with Gasteiger partial charge in [-0.2, -0.15) is 0 Å². The van der Waals surface area contributed by atoms with E-state index in [0.29, 0.717) is 5.69 Å². The third kappa shape index (κ3) is 2.72. The van der Waals surface area contributed by atoms with E-state index in [1.54, 1.807) is 19.2 Å². The lowest BCUT2D eigenvalue weighted by molar-refractivity contribution is -0.114. The third-order valence-electron chi connectivity index (χ3n) is 1.55. The molecule has 0 atom stereocenters. The van der Waals surface area contributed by atoms with E-state index in [9.17, 15) is 4.79 Å². The van der Waals surface area contributed by atoms with Gasteiger partial charge in [-0.1, -0.05) is 0 Å². The molecule has 0 fully saturated rings. The van der Waals surface area contributed by atoms with Crippen molar-refractivity contribution in [2.24, 2.45) is 0 Å². The van der Waals surface area contributed by atoms with E-state index in [1.165, 1.54) is 6.92 Å². The first-order valence-electron chi connectivity index (χ1n) is 3.85. The van der Waals surface area contributed by atoms with Gasteiger partial charge in [0.2, 0.25) is 5.91 Å². The zero-order chi connectivity index (χ0) is 10.7. The van der Waals surface area contributed by atoms with Gasteiger partial charge >= 0.3 is 0 Å². The minimum atomic E-state index is -0.114. The van der Waals surface area contributed by atoms with Gasteiger partial charge in [0, 0.05) is 15.9 Å². The number of rotatable bonds is 2. The molecule has 1 N–H and O–H groups in total. The summed E-state index contributed by atoms with van der Waals surface area (Å²) in [5.41, 5.74) is 0.707. The average Bonchev–Trinajstić information content (AvgIpc) is 2.10. The van der Waals surface area contributed by atoms with E-state index in [0.717, 1.165) is 14.7 Å². The predicted octanol–water partition coefficient (Wildman–Crippen LogP) is 3.18. The number of nitrogens with one attached hydrogen (secondary N) is 1. The molecule has 0 saturated carbocycles. The number of ether oxygens (including phenoxy) is 1. The summed E-state index contributed by atoms with van der Waals surface area (Å²) in [4.78, 5) is 10.9. The molecule has 0 spiro atoms. The van der Waals surface area contributed by atoms with Gasteiger partial charge in [0.05, 0.1) is 12.8 Å². The quantitative estimate of drug-likeness (QED) is 0.908. The van der Waals surface area contributed by atoms with Crippen molar-refractivity contribution in [1.82, 2.24) is 0 Å². The fourth-order valence-electron chi connectivity index (χ4n) is 0.963. The van der Waals surface area contributed by atoms with Crippen LogP contribution in [0.15, 0.2) is 21.1 Å². The van der Waals surface area contributed by atoms with Crippen LogP contribution in [-0.4, -0.2) is 13.0 Å². The molecule has 0 aliphatic rings. The Kier molecular flexibility index (Phi) is 3.95. The number of hydrogen-bond acceptors (Lipinski definition) is 2. The summed E-state index contributed by atoms with van der Waals surface area (Å²) >= 11 is 6.69. The molecule has 1 amide bonds. The van der Waals surface area contributed by atoms with Gasteiger partial charge in [-0.25, -0.2) is 0 Å². The first kappa shape index (κ1) is 11.5. The van der Waals surface area contributed by atoms with E-state index in [-0.39, 0.29) is 5.91 Å². The van der Waals surface area contributed by atoms with Gasteiger partial charge in [-0.3, -0.25) is 4.79 Å². The highest BCUT2D eigenvalue weighted by Gasteiger charge is 2.08. The summed E-state index contributed by atoms with van der Waals surface area (Å²) in [5, 5.41) is 2.70. The van der Waals surface area contributed by atoms with Crippen molar-refractivity contribution in [2.45, 2.75) is 6.92 Å². The molecular formula is C9H9Br2NO2. The second-order valence-corrected chi connectivity index (χ2v) is 4.36. The molecule has 0 radical (unpaired) electrons. The molecule has 1 rings (SSSR count). The molecule has 1 aromatic carbocycles. The summed E-state index contributed by atoms with van der Waals surface area (Å²) in [7, 11) is 1.59. The summed E-state index contributed by atoms with van der Waals surface area (Å²) in [6, 6.07) is 3.58. The van der Waals surface area contributed by atoms with Crippen LogP contribution in [0.4, 0.5) is 5.69 Å².